The molecule has 11 aromatic rings. The van der Waals surface area contributed by atoms with E-state index >= 15 is 0 Å². The predicted octanol–water partition coefficient (Wildman–Crippen LogP) is 17.0. The van der Waals surface area contributed by atoms with Gasteiger partial charge in [0, 0.05) is 55.7 Å². The summed E-state index contributed by atoms with van der Waals surface area (Å²) in [6, 6.07) is 62.4. The molecule has 0 saturated heterocycles. The molecule has 302 valence electrons. The van der Waals surface area contributed by atoms with Crippen LogP contribution in [0, 0.1) is 0 Å². The van der Waals surface area contributed by atoms with Crippen molar-refractivity contribution < 1.29 is 8.83 Å². The first-order valence-corrected chi connectivity index (χ1v) is 22.1. The average Bonchev–Trinajstić information content (AvgIpc) is 3.85. The highest BCUT2D eigenvalue weighted by Crippen LogP contribution is 2.43. The fourth-order valence-corrected chi connectivity index (χ4v) is 9.20. The molecule has 0 unspecified atom stereocenters. The minimum atomic E-state index is 0.855. The third kappa shape index (κ3) is 6.55. The molecule has 0 radical (unpaired) electrons. The van der Waals surface area contributed by atoms with Crippen LogP contribution in [-0.2, 0) is 25.7 Å². The largest absolute Gasteiger partial charge is 0.456 e. The standard InChI is InChI=1S/C58H48N2O2/c1-5-37-9-19-45(20-10-37)59(46-21-11-38(6-2)12-22-46)49-27-17-41-31-51-53-35-58-54(36-57(53)61-55(51)33-43(41)29-49)52-32-42-18-28-50(30-44(42)34-56(52)62-58)60(47-23-13-39(7-3)14-24-47)48-25-15-40(8-4)16-26-48/h9-36H,5-8H2,1-4H3. The molecule has 0 fully saturated rings. The monoisotopic (exact) mass is 804 g/mol. The van der Waals surface area contributed by atoms with Gasteiger partial charge in [-0.3, -0.25) is 0 Å². The lowest BCUT2D eigenvalue weighted by atomic mass is 10.0. The first-order chi connectivity index (χ1) is 30.5. The second kappa shape index (κ2) is 15.3. The first kappa shape index (κ1) is 37.7. The number of furan rings is 2. The molecule has 0 bridgehead atoms. The second-order valence-electron chi connectivity index (χ2n) is 16.6. The molecule has 62 heavy (non-hydrogen) atoms. The summed E-state index contributed by atoms with van der Waals surface area (Å²) in [6.07, 6.45) is 4.05. The van der Waals surface area contributed by atoms with Gasteiger partial charge in [-0.05, 0) is 179 Å². The Bertz CT molecular complexity index is 3100. The van der Waals surface area contributed by atoms with Crippen LogP contribution >= 0.6 is 0 Å². The van der Waals surface area contributed by atoms with E-state index in [0.29, 0.717) is 0 Å². The van der Waals surface area contributed by atoms with E-state index in [9.17, 15) is 0 Å². The maximum absolute atomic E-state index is 6.69. The van der Waals surface area contributed by atoms with E-state index < -0.39 is 0 Å². The Labute approximate surface area is 362 Å². The second-order valence-corrected chi connectivity index (χ2v) is 16.6. The van der Waals surface area contributed by atoms with E-state index in [1.54, 1.807) is 0 Å². The van der Waals surface area contributed by atoms with Crippen molar-refractivity contribution in [3.05, 3.63) is 192 Å². The fourth-order valence-electron chi connectivity index (χ4n) is 9.20. The van der Waals surface area contributed by atoms with Crippen molar-refractivity contribution in [2.24, 2.45) is 0 Å². The lowest BCUT2D eigenvalue weighted by Gasteiger charge is -2.26. The van der Waals surface area contributed by atoms with Gasteiger partial charge in [0.05, 0.1) is 0 Å². The van der Waals surface area contributed by atoms with Crippen molar-refractivity contribution in [2.45, 2.75) is 53.4 Å². The lowest BCUT2D eigenvalue weighted by molar-refractivity contribution is 0.664. The van der Waals surface area contributed by atoms with Crippen LogP contribution in [0.1, 0.15) is 49.9 Å². The van der Waals surface area contributed by atoms with Gasteiger partial charge in [-0.15, -0.1) is 0 Å². The van der Waals surface area contributed by atoms with Gasteiger partial charge in [-0.2, -0.15) is 0 Å². The van der Waals surface area contributed by atoms with Gasteiger partial charge in [-0.25, -0.2) is 0 Å². The molecular formula is C58H48N2O2. The Balaban J connectivity index is 0.981. The van der Waals surface area contributed by atoms with Gasteiger partial charge in [0.15, 0.2) is 0 Å². The quantitative estimate of drug-likeness (QED) is 0.138. The Morgan fingerprint density at radius 3 is 0.855 bits per heavy atom. The predicted molar refractivity (Wildman–Crippen MR) is 263 cm³/mol. The van der Waals surface area contributed by atoms with E-state index in [2.05, 4.69) is 207 Å². The van der Waals surface area contributed by atoms with Crippen molar-refractivity contribution in [1.29, 1.82) is 0 Å². The molecule has 0 saturated carbocycles. The smallest absolute Gasteiger partial charge is 0.136 e. The molecule has 9 aromatic carbocycles. The number of anilines is 6. The third-order valence-electron chi connectivity index (χ3n) is 12.9. The Kier molecular flexibility index (Phi) is 9.30. The Morgan fingerprint density at radius 1 is 0.274 bits per heavy atom. The van der Waals surface area contributed by atoms with Crippen molar-refractivity contribution in [3.8, 4) is 0 Å². The number of hydrogen-bond donors (Lipinski definition) is 0. The van der Waals surface area contributed by atoms with Gasteiger partial charge >= 0.3 is 0 Å². The van der Waals surface area contributed by atoms with Gasteiger partial charge in [0.1, 0.15) is 22.3 Å². The number of aryl methyl sites for hydroxylation is 4. The zero-order chi connectivity index (χ0) is 41.9. The van der Waals surface area contributed by atoms with Crippen LogP contribution in [0.15, 0.2) is 179 Å². The van der Waals surface area contributed by atoms with Crippen molar-refractivity contribution >= 4 is 99.5 Å². The molecule has 0 aliphatic carbocycles. The molecule has 2 aromatic heterocycles. The summed E-state index contributed by atoms with van der Waals surface area (Å²) in [7, 11) is 0. The maximum atomic E-state index is 6.69. The molecule has 4 nitrogen and oxygen atoms in total. The summed E-state index contributed by atoms with van der Waals surface area (Å²) in [5.41, 5.74) is 15.5. The number of hydrogen-bond acceptors (Lipinski definition) is 4. The molecule has 11 rings (SSSR count). The molecule has 2 heterocycles. The van der Waals surface area contributed by atoms with Crippen LogP contribution in [0.25, 0.3) is 65.4 Å². The van der Waals surface area contributed by atoms with Crippen LogP contribution in [0.4, 0.5) is 34.1 Å². The summed E-state index contributed by atoms with van der Waals surface area (Å²) in [5.74, 6) is 0. The Hall–Kier alpha value is -7.30. The van der Waals surface area contributed by atoms with E-state index in [1.807, 2.05) is 0 Å². The van der Waals surface area contributed by atoms with E-state index in [0.717, 1.165) is 125 Å². The van der Waals surface area contributed by atoms with Gasteiger partial charge in [-0.1, -0.05) is 88.4 Å². The van der Waals surface area contributed by atoms with E-state index in [-0.39, 0.29) is 0 Å². The van der Waals surface area contributed by atoms with Crippen molar-refractivity contribution in [1.82, 2.24) is 0 Å². The van der Waals surface area contributed by atoms with Gasteiger partial charge in [0.25, 0.3) is 0 Å². The van der Waals surface area contributed by atoms with Crippen LogP contribution in [0.5, 0.6) is 0 Å². The average molecular weight is 805 g/mol. The summed E-state index contributed by atoms with van der Waals surface area (Å²) in [6.45, 7) is 8.79. The lowest BCUT2D eigenvalue weighted by Crippen LogP contribution is -2.10. The first-order valence-electron chi connectivity index (χ1n) is 22.1. The normalized spacial score (nSPS) is 11.8. The van der Waals surface area contributed by atoms with Crippen molar-refractivity contribution in [2.75, 3.05) is 9.80 Å². The van der Waals surface area contributed by atoms with Crippen LogP contribution in [-0.4, -0.2) is 0 Å². The number of nitrogens with zero attached hydrogens (tertiary/aromatic N) is 2. The molecule has 0 N–H and O–H groups in total. The van der Waals surface area contributed by atoms with Crippen LogP contribution < -0.4 is 9.80 Å². The fraction of sp³-hybridized carbons (Fsp3) is 0.138. The highest BCUT2D eigenvalue weighted by atomic mass is 16.3. The highest BCUT2D eigenvalue weighted by Gasteiger charge is 2.19. The number of rotatable bonds is 10. The van der Waals surface area contributed by atoms with Gasteiger partial charge < -0.3 is 18.6 Å². The molecule has 0 spiro atoms. The van der Waals surface area contributed by atoms with Gasteiger partial charge in [0.2, 0.25) is 0 Å². The summed E-state index contributed by atoms with van der Waals surface area (Å²) < 4.78 is 13.4. The molecule has 0 atom stereocenters. The zero-order valence-electron chi connectivity index (χ0n) is 35.7. The molecule has 4 heteroatoms. The minimum Gasteiger partial charge on any atom is -0.456 e. The molecule has 0 aliphatic heterocycles. The molecular weight excluding hydrogens is 757 g/mol. The van der Waals surface area contributed by atoms with Crippen LogP contribution in [0.3, 0.4) is 0 Å². The van der Waals surface area contributed by atoms with E-state index in [4.69, 9.17) is 8.83 Å². The van der Waals surface area contributed by atoms with Crippen molar-refractivity contribution in [3.63, 3.8) is 0 Å². The molecule has 0 amide bonds. The summed E-state index contributed by atoms with van der Waals surface area (Å²) in [5, 5.41) is 8.85. The minimum absolute atomic E-state index is 0.855. The molecule has 0 aliphatic rings. The zero-order valence-corrected chi connectivity index (χ0v) is 35.7. The summed E-state index contributed by atoms with van der Waals surface area (Å²) in [4.78, 5) is 4.69. The topological polar surface area (TPSA) is 32.8 Å². The highest BCUT2D eigenvalue weighted by molar-refractivity contribution is 6.18. The number of benzene rings is 9. The number of fused-ring (bicyclic) bond motifs is 8. The van der Waals surface area contributed by atoms with E-state index in [1.165, 1.54) is 22.3 Å². The third-order valence-corrected chi connectivity index (χ3v) is 12.9. The maximum Gasteiger partial charge on any atom is 0.136 e. The Morgan fingerprint density at radius 2 is 0.548 bits per heavy atom. The SMILES string of the molecule is CCc1ccc(N(c2ccc(CC)cc2)c2ccc3cc4c(cc3c2)oc2cc3c(cc24)oc2cc4cc(N(c5ccc(CC)cc5)c5ccc(CC)cc5)ccc4cc23)cc1. The van der Waals surface area contributed by atoms with Crippen LogP contribution in [0.2, 0.25) is 0 Å². The summed E-state index contributed by atoms with van der Waals surface area (Å²) >= 11 is 0.